The quantitative estimate of drug-likeness (QED) is 0.628. The summed E-state index contributed by atoms with van der Waals surface area (Å²) < 4.78 is 13.0. The molecule has 2 heterocycles. The Bertz CT molecular complexity index is 1140. The van der Waals surface area contributed by atoms with Gasteiger partial charge in [0.15, 0.2) is 0 Å². The van der Waals surface area contributed by atoms with Gasteiger partial charge in [-0.3, -0.25) is 4.79 Å². The Hall–Kier alpha value is -3.81. The smallest absolute Gasteiger partial charge is 0.255 e. The van der Waals surface area contributed by atoms with Gasteiger partial charge in [-0.2, -0.15) is 10.1 Å². The van der Waals surface area contributed by atoms with Crippen LogP contribution in [-0.2, 0) is 4.79 Å². The van der Waals surface area contributed by atoms with Crippen molar-refractivity contribution in [3.63, 3.8) is 0 Å². The molecule has 160 valence electrons. The third-order valence-electron chi connectivity index (χ3n) is 4.94. The number of nitrogens with one attached hydrogen (secondary N) is 2. The zero-order valence-electron chi connectivity index (χ0n) is 17.9. The lowest BCUT2D eigenvalue weighted by Crippen LogP contribution is -2.31. The van der Waals surface area contributed by atoms with Gasteiger partial charge in [-0.1, -0.05) is 24.3 Å². The average molecular weight is 419 g/mol. The maximum atomic E-state index is 13.5. The molecule has 1 atom stereocenters. The van der Waals surface area contributed by atoms with Crippen LogP contribution >= 0.6 is 0 Å². The van der Waals surface area contributed by atoms with Crippen molar-refractivity contribution in [3.8, 4) is 11.5 Å². The van der Waals surface area contributed by atoms with Gasteiger partial charge in [-0.15, -0.1) is 0 Å². The average Bonchev–Trinajstić information content (AvgIpc) is 3.20. The van der Waals surface area contributed by atoms with Crippen LogP contribution in [0, 0.1) is 0 Å². The minimum atomic E-state index is -0.468. The number of benzene rings is 2. The number of anilines is 2. The molecule has 0 aliphatic carbocycles. The summed E-state index contributed by atoms with van der Waals surface area (Å²) >= 11 is 0. The van der Waals surface area contributed by atoms with Crippen LogP contribution in [0.5, 0.6) is 11.5 Å². The molecule has 8 heteroatoms. The van der Waals surface area contributed by atoms with E-state index < -0.39 is 6.04 Å². The van der Waals surface area contributed by atoms with E-state index in [0.29, 0.717) is 28.7 Å². The van der Waals surface area contributed by atoms with Crippen LogP contribution < -0.4 is 20.1 Å². The number of aromatic nitrogens is 3. The Labute approximate surface area is 180 Å². The van der Waals surface area contributed by atoms with Gasteiger partial charge in [0.05, 0.1) is 24.5 Å². The largest absolute Gasteiger partial charge is 0.495 e. The second-order valence-corrected chi connectivity index (χ2v) is 7.49. The number of amides is 1. The molecule has 0 spiro atoms. The highest BCUT2D eigenvalue weighted by Crippen LogP contribution is 2.37. The van der Waals surface area contributed by atoms with Crippen LogP contribution in [-0.4, -0.2) is 33.9 Å². The second kappa shape index (κ2) is 8.51. The van der Waals surface area contributed by atoms with Gasteiger partial charge >= 0.3 is 0 Å². The van der Waals surface area contributed by atoms with Crippen LogP contribution in [0.25, 0.3) is 0 Å². The molecule has 3 aromatic rings. The molecule has 1 aromatic heterocycles. The van der Waals surface area contributed by atoms with Gasteiger partial charge in [0, 0.05) is 5.70 Å². The number of para-hydroxylation sites is 2. The van der Waals surface area contributed by atoms with Crippen molar-refractivity contribution >= 4 is 17.5 Å². The molecule has 0 saturated carbocycles. The number of fused-ring (bicyclic) bond motifs is 1. The SMILES string of the molecule is COc1ccccc1NC(=O)C1=C(C)Nc2ncnn2C1c1cccc(OC(C)C)c1. The Kier molecular flexibility index (Phi) is 5.62. The number of carbonyl (C=O) groups excluding carboxylic acids is 1. The van der Waals surface area contributed by atoms with Crippen LogP contribution in [0.2, 0.25) is 0 Å². The summed E-state index contributed by atoms with van der Waals surface area (Å²) in [4.78, 5) is 17.7. The molecule has 1 unspecified atom stereocenters. The summed E-state index contributed by atoms with van der Waals surface area (Å²) in [6.07, 6.45) is 1.51. The van der Waals surface area contributed by atoms with Crippen molar-refractivity contribution in [1.29, 1.82) is 0 Å². The molecular formula is C23H25N5O3. The van der Waals surface area contributed by atoms with E-state index in [1.807, 2.05) is 57.2 Å². The molecule has 0 saturated heterocycles. The fourth-order valence-electron chi connectivity index (χ4n) is 3.66. The lowest BCUT2D eigenvalue weighted by Gasteiger charge is -2.29. The first kappa shape index (κ1) is 20.5. The summed E-state index contributed by atoms with van der Waals surface area (Å²) in [6, 6.07) is 14.5. The highest BCUT2D eigenvalue weighted by Gasteiger charge is 2.34. The number of rotatable bonds is 6. The van der Waals surface area contributed by atoms with Gasteiger partial charge in [-0.05, 0) is 50.6 Å². The first-order chi connectivity index (χ1) is 15.0. The summed E-state index contributed by atoms with van der Waals surface area (Å²) in [5.74, 6) is 1.64. The molecule has 1 amide bonds. The number of methoxy groups -OCH3 is 1. The van der Waals surface area contributed by atoms with Crippen LogP contribution in [0.15, 0.2) is 66.1 Å². The zero-order chi connectivity index (χ0) is 22.0. The Balaban J connectivity index is 1.75. The zero-order valence-corrected chi connectivity index (χ0v) is 17.9. The van der Waals surface area contributed by atoms with Gasteiger partial charge in [0.2, 0.25) is 5.95 Å². The fourth-order valence-corrected chi connectivity index (χ4v) is 3.66. The summed E-state index contributed by atoms with van der Waals surface area (Å²) in [5, 5.41) is 10.5. The minimum absolute atomic E-state index is 0.0378. The van der Waals surface area contributed by atoms with E-state index in [1.54, 1.807) is 23.9 Å². The molecule has 0 bridgehead atoms. The predicted molar refractivity (Wildman–Crippen MR) is 118 cm³/mol. The van der Waals surface area contributed by atoms with E-state index in [1.165, 1.54) is 6.33 Å². The molecule has 1 aliphatic heterocycles. The lowest BCUT2D eigenvalue weighted by molar-refractivity contribution is -0.113. The summed E-state index contributed by atoms with van der Waals surface area (Å²) in [7, 11) is 1.57. The summed E-state index contributed by atoms with van der Waals surface area (Å²) in [6.45, 7) is 5.81. The molecule has 31 heavy (non-hydrogen) atoms. The normalized spacial score (nSPS) is 15.3. The molecule has 2 N–H and O–H groups in total. The van der Waals surface area contributed by atoms with Gasteiger partial charge in [0.25, 0.3) is 5.91 Å². The van der Waals surface area contributed by atoms with Gasteiger partial charge < -0.3 is 20.1 Å². The standard InChI is InChI=1S/C23H25N5O3/c1-14(2)31-17-9-7-8-16(12-17)21-20(15(3)26-23-24-13-25-28(21)23)22(29)27-18-10-5-6-11-19(18)30-4/h5-14,21H,1-4H3,(H,27,29)(H,24,25,26). The fraction of sp³-hybridized carbons (Fsp3) is 0.261. The number of ether oxygens (including phenoxy) is 2. The van der Waals surface area contributed by atoms with Gasteiger partial charge in [0.1, 0.15) is 23.9 Å². The highest BCUT2D eigenvalue weighted by atomic mass is 16.5. The van der Waals surface area contributed by atoms with E-state index in [4.69, 9.17) is 9.47 Å². The van der Waals surface area contributed by atoms with Crippen molar-refractivity contribution in [3.05, 3.63) is 71.7 Å². The van der Waals surface area contributed by atoms with E-state index in [2.05, 4.69) is 20.7 Å². The Morgan fingerprint density at radius 3 is 2.77 bits per heavy atom. The first-order valence-electron chi connectivity index (χ1n) is 10.1. The van der Waals surface area contributed by atoms with E-state index >= 15 is 0 Å². The lowest BCUT2D eigenvalue weighted by atomic mass is 9.94. The topological polar surface area (TPSA) is 90.3 Å². The van der Waals surface area contributed by atoms with Crippen molar-refractivity contribution in [2.45, 2.75) is 32.9 Å². The van der Waals surface area contributed by atoms with Gasteiger partial charge in [-0.25, -0.2) is 4.68 Å². The van der Waals surface area contributed by atoms with E-state index in [0.717, 1.165) is 11.3 Å². The third kappa shape index (κ3) is 4.09. The van der Waals surface area contributed by atoms with Crippen LogP contribution in [0.3, 0.4) is 0 Å². The van der Waals surface area contributed by atoms with E-state index in [-0.39, 0.29) is 12.0 Å². The van der Waals surface area contributed by atoms with E-state index in [9.17, 15) is 4.79 Å². The van der Waals surface area contributed by atoms with Crippen molar-refractivity contribution in [2.24, 2.45) is 0 Å². The maximum absolute atomic E-state index is 13.5. The summed E-state index contributed by atoms with van der Waals surface area (Å²) in [5.41, 5.74) is 2.70. The molecule has 8 nitrogen and oxygen atoms in total. The Morgan fingerprint density at radius 1 is 1.19 bits per heavy atom. The number of allylic oxidation sites excluding steroid dienone is 1. The monoisotopic (exact) mass is 419 g/mol. The van der Waals surface area contributed by atoms with Crippen LogP contribution in [0.4, 0.5) is 11.6 Å². The number of nitrogens with zero attached hydrogens (tertiary/aromatic N) is 3. The van der Waals surface area contributed by atoms with Crippen LogP contribution in [0.1, 0.15) is 32.4 Å². The number of hydrogen-bond donors (Lipinski definition) is 2. The number of carbonyl (C=O) groups is 1. The third-order valence-corrected chi connectivity index (χ3v) is 4.94. The number of hydrogen-bond acceptors (Lipinski definition) is 6. The highest BCUT2D eigenvalue weighted by molar-refractivity contribution is 6.06. The molecule has 1 aliphatic rings. The van der Waals surface area contributed by atoms with Crippen molar-refractivity contribution in [1.82, 2.24) is 14.8 Å². The molecule has 2 aromatic carbocycles. The maximum Gasteiger partial charge on any atom is 0.255 e. The molecule has 0 fully saturated rings. The minimum Gasteiger partial charge on any atom is -0.495 e. The molecule has 0 radical (unpaired) electrons. The predicted octanol–water partition coefficient (Wildman–Crippen LogP) is 4.00. The first-order valence-corrected chi connectivity index (χ1v) is 10.1. The van der Waals surface area contributed by atoms with Crippen molar-refractivity contribution in [2.75, 3.05) is 17.7 Å². The van der Waals surface area contributed by atoms with Crippen molar-refractivity contribution < 1.29 is 14.3 Å². The molecular weight excluding hydrogens is 394 g/mol. The second-order valence-electron chi connectivity index (χ2n) is 7.49. The Morgan fingerprint density at radius 2 is 2.00 bits per heavy atom. The molecule has 4 rings (SSSR count).